The number of aliphatic hydroxyl groups is 1. The third-order valence-electron chi connectivity index (χ3n) is 2.16. The third kappa shape index (κ3) is 4.70. The molecule has 0 aromatic heterocycles. The van der Waals surface area contributed by atoms with E-state index >= 15 is 0 Å². The summed E-state index contributed by atoms with van der Waals surface area (Å²) in [5, 5.41) is 11.9. The SMILES string of the molecule is Nc1cc(I)ccc1NCCCCCO. The van der Waals surface area contributed by atoms with Gasteiger partial charge in [0.25, 0.3) is 0 Å². The van der Waals surface area contributed by atoms with Gasteiger partial charge in [0, 0.05) is 16.7 Å². The Kier molecular flexibility index (Phi) is 5.78. The number of aliphatic hydroxyl groups excluding tert-OH is 1. The molecule has 1 aromatic carbocycles. The fourth-order valence-electron chi connectivity index (χ4n) is 1.33. The highest BCUT2D eigenvalue weighted by molar-refractivity contribution is 14.1. The quantitative estimate of drug-likeness (QED) is 0.429. The molecule has 4 N–H and O–H groups in total. The summed E-state index contributed by atoms with van der Waals surface area (Å²) in [6, 6.07) is 5.99. The van der Waals surface area contributed by atoms with Gasteiger partial charge in [-0.3, -0.25) is 0 Å². The van der Waals surface area contributed by atoms with Crippen molar-refractivity contribution in [2.24, 2.45) is 0 Å². The minimum Gasteiger partial charge on any atom is -0.397 e. The molecule has 0 aliphatic heterocycles. The van der Waals surface area contributed by atoms with Gasteiger partial charge in [0.1, 0.15) is 0 Å². The van der Waals surface area contributed by atoms with E-state index in [1.165, 1.54) is 0 Å². The Balaban J connectivity index is 2.31. The van der Waals surface area contributed by atoms with Gasteiger partial charge in [-0.15, -0.1) is 0 Å². The van der Waals surface area contributed by atoms with Crippen LogP contribution < -0.4 is 11.1 Å². The number of benzene rings is 1. The number of unbranched alkanes of at least 4 members (excludes halogenated alkanes) is 2. The van der Waals surface area contributed by atoms with Crippen LogP contribution in [-0.2, 0) is 0 Å². The molecule has 0 bridgehead atoms. The van der Waals surface area contributed by atoms with E-state index in [1.54, 1.807) is 0 Å². The van der Waals surface area contributed by atoms with E-state index in [9.17, 15) is 0 Å². The maximum atomic E-state index is 8.62. The second-order valence-electron chi connectivity index (χ2n) is 3.44. The summed E-state index contributed by atoms with van der Waals surface area (Å²) < 4.78 is 1.15. The average molecular weight is 320 g/mol. The summed E-state index contributed by atoms with van der Waals surface area (Å²) in [5.41, 5.74) is 7.65. The molecule has 15 heavy (non-hydrogen) atoms. The molecular weight excluding hydrogens is 303 g/mol. The Bertz CT molecular complexity index is 305. The molecule has 0 saturated carbocycles. The maximum Gasteiger partial charge on any atom is 0.0574 e. The topological polar surface area (TPSA) is 58.3 Å². The molecule has 1 rings (SSSR count). The zero-order chi connectivity index (χ0) is 11.1. The van der Waals surface area contributed by atoms with Gasteiger partial charge < -0.3 is 16.2 Å². The minimum absolute atomic E-state index is 0.283. The fraction of sp³-hybridized carbons (Fsp3) is 0.455. The zero-order valence-electron chi connectivity index (χ0n) is 8.67. The number of nitrogens with one attached hydrogen (secondary N) is 1. The highest BCUT2D eigenvalue weighted by Crippen LogP contribution is 2.20. The van der Waals surface area contributed by atoms with Crippen molar-refractivity contribution in [2.75, 3.05) is 24.2 Å². The highest BCUT2D eigenvalue weighted by Gasteiger charge is 1.98. The zero-order valence-corrected chi connectivity index (χ0v) is 10.8. The molecule has 0 atom stereocenters. The number of nitrogen functional groups attached to an aromatic ring is 1. The van der Waals surface area contributed by atoms with E-state index in [2.05, 4.69) is 27.9 Å². The Morgan fingerprint density at radius 1 is 1.27 bits per heavy atom. The monoisotopic (exact) mass is 320 g/mol. The molecule has 84 valence electrons. The molecule has 0 spiro atoms. The van der Waals surface area contributed by atoms with Crippen LogP contribution in [0.15, 0.2) is 18.2 Å². The molecule has 0 aliphatic rings. The summed E-state index contributed by atoms with van der Waals surface area (Å²) >= 11 is 2.24. The minimum atomic E-state index is 0.283. The predicted octanol–water partition coefficient (Wildman–Crippen LogP) is 2.45. The Hall–Kier alpha value is -0.490. The summed E-state index contributed by atoms with van der Waals surface area (Å²) in [7, 11) is 0. The lowest BCUT2D eigenvalue weighted by Gasteiger charge is -2.09. The van der Waals surface area contributed by atoms with Crippen LogP contribution >= 0.6 is 22.6 Å². The molecule has 3 nitrogen and oxygen atoms in total. The van der Waals surface area contributed by atoms with E-state index in [-0.39, 0.29) is 6.61 Å². The Morgan fingerprint density at radius 2 is 2.07 bits per heavy atom. The fourth-order valence-corrected chi connectivity index (χ4v) is 1.85. The van der Waals surface area contributed by atoms with Gasteiger partial charge in [0.05, 0.1) is 11.4 Å². The number of halogens is 1. The number of anilines is 2. The van der Waals surface area contributed by atoms with Crippen molar-refractivity contribution in [1.29, 1.82) is 0 Å². The molecular formula is C11H17IN2O. The van der Waals surface area contributed by atoms with Crippen molar-refractivity contribution in [3.63, 3.8) is 0 Å². The van der Waals surface area contributed by atoms with Gasteiger partial charge in [-0.2, -0.15) is 0 Å². The number of hydrogen-bond acceptors (Lipinski definition) is 3. The Labute approximate surface area is 104 Å². The third-order valence-corrected chi connectivity index (χ3v) is 2.83. The van der Waals surface area contributed by atoms with Crippen LogP contribution in [-0.4, -0.2) is 18.3 Å². The lowest BCUT2D eigenvalue weighted by Crippen LogP contribution is -2.04. The van der Waals surface area contributed by atoms with Gasteiger partial charge in [-0.05, 0) is 60.1 Å². The molecule has 0 fully saturated rings. The Morgan fingerprint density at radius 3 is 2.73 bits per heavy atom. The van der Waals surface area contributed by atoms with Crippen molar-refractivity contribution in [3.8, 4) is 0 Å². The van der Waals surface area contributed by atoms with E-state index in [4.69, 9.17) is 10.8 Å². The van der Waals surface area contributed by atoms with Crippen molar-refractivity contribution >= 4 is 34.0 Å². The van der Waals surface area contributed by atoms with Gasteiger partial charge in [-0.25, -0.2) is 0 Å². The van der Waals surface area contributed by atoms with Gasteiger partial charge in [0.2, 0.25) is 0 Å². The number of hydrogen-bond donors (Lipinski definition) is 3. The molecule has 1 aromatic rings. The number of nitrogens with two attached hydrogens (primary N) is 1. The van der Waals surface area contributed by atoms with Crippen LogP contribution in [0.4, 0.5) is 11.4 Å². The van der Waals surface area contributed by atoms with Crippen LogP contribution in [0.25, 0.3) is 0 Å². The first-order chi connectivity index (χ1) is 7.24. The molecule has 0 saturated heterocycles. The van der Waals surface area contributed by atoms with E-state index in [1.807, 2.05) is 18.2 Å². The second-order valence-corrected chi connectivity index (χ2v) is 4.69. The standard InChI is InChI=1S/C11H17IN2O/c12-9-4-5-11(10(13)8-9)14-6-2-1-3-7-15/h4-5,8,14-15H,1-3,6-7,13H2. The smallest absolute Gasteiger partial charge is 0.0574 e. The predicted molar refractivity (Wildman–Crippen MR) is 73.0 cm³/mol. The first-order valence-corrected chi connectivity index (χ1v) is 6.21. The van der Waals surface area contributed by atoms with Gasteiger partial charge in [-0.1, -0.05) is 0 Å². The molecule has 0 unspecified atom stereocenters. The molecule has 0 heterocycles. The van der Waals surface area contributed by atoms with Gasteiger partial charge in [0.15, 0.2) is 0 Å². The van der Waals surface area contributed by atoms with Crippen LogP contribution in [0.5, 0.6) is 0 Å². The lowest BCUT2D eigenvalue weighted by atomic mass is 10.2. The van der Waals surface area contributed by atoms with Gasteiger partial charge >= 0.3 is 0 Å². The molecule has 4 heteroatoms. The summed E-state index contributed by atoms with van der Waals surface area (Å²) in [6.07, 6.45) is 2.99. The van der Waals surface area contributed by atoms with E-state index in [0.29, 0.717) is 0 Å². The van der Waals surface area contributed by atoms with Crippen LogP contribution in [0.3, 0.4) is 0 Å². The first kappa shape index (κ1) is 12.6. The van der Waals surface area contributed by atoms with Crippen LogP contribution in [0, 0.1) is 3.57 Å². The van der Waals surface area contributed by atoms with Crippen molar-refractivity contribution in [3.05, 3.63) is 21.8 Å². The summed E-state index contributed by atoms with van der Waals surface area (Å²) in [5.74, 6) is 0. The largest absolute Gasteiger partial charge is 0.397 e. The lowest BCUT2D eigenvalue weighted by molar-refractivity contribution is 0.283. The van der Waals surface area contributed by atoms with Crippen molar-refractivity contribution < 1.29 is 5.11 Å². The maximum absolute atomic E-state index is 8.62. The number of rotatable bonds is 6. The molecule has 0 aliphatic carbocycles. The van der Waals surface area contributed by atoms with Crippen LogP contribution in [0.1, 0.15) is 19.3 Å². The molecule has 0 amide bonds. The average Bonchev–Trinajstić information content (AvgIpc) is 2.20. The van der Waals surface area contributed by atoms with E-state index < -0.39 is 0 Å². The van der Waals surface area contributed by atoms with Crippen molar-refractivity contribution in [1.82, 2.24) is 0 Å². The molecule has 0 radical (unpaired) electrons. The summed E-state index contributed by atoms with van der Waals surface area (Å²) in [4.78, 5) is 0. The van der Waals surface area contributed by atoms with Crippen LogP contribution in [0.2, 0.25) is 0 Å². The van der Waals surface area contributed by atoms with Crippen molar-refractivity contribution in [2.45, 2.75) is 19.3 Å². The normalized spacial score (nSPS) is 10.3. The first-order valence-electron chi connectivity index (χ1n) is 5.14. The summed E-state index contributed by atoms with van der Waals surface area (Å²) in [6.45, 7) is 1.19. The highest BCUT2D eigenvalue weighted by atomic mass is 127. The second kappa shape index (κ2) is 6.90. The van der Waals surface area contributed by atoms with E-state index in [0.717, 1.165) is 40.8 Å².